The number of hydrogen-bond acceptors (Lipinski definition) is 2. The summed E-state index contributed by atoms with van der Waals surface area (Å²) in [6.45, 7) is 2.49. The number of rotatable bonds is 6. The lowest BCUT2D eigenvalue weighted by molar-refractivity contribution is 0.510. The molecule has 2 nitrogen and oxygen atoms in total. The summed E-state index contributed by atoms with van der Waals surface area (Å²) in [5, 5.41) is 0. The molecule has 4 aliphatic rings. The SMILES string of the molecule is CC1(Cc2ccc(N3c4ccccc4C4(c5ccccc53)c3ccccc3C(c3ccccc3)(c3ccccc3)c3ccccc34)cc2)c2ccccc2C2(c3ccccc3N(c3ccccc3)c3ccccc32)c2ccccc21. The Morgan fingerprint density at radius 3 is 0.825 bits per heavy atom. The Kier molecular flexibility index (Phi) is 10.2. The first-order valence-corrected chi connectivity index (χ1v) is 28.2. The van der Waals surface area contributed by atoms with Crippen molar-refractivity contribution >= 4 is 34.1 Å². The molecule has 0 unspecified atom stereocenters. The van der Waals surface area contributed by atoms with Crippen molar-refractivity contribution < 1.29 is 0 Å². The molecule has 80 heavy (non-hydrogen) atoms. The third-order valence-corrected chi connectivity index (χ3v) is 18.7. The van der Waals surface area contributed by atoms with Crippen molar-refractivity contribution in [1.82, 2.24) is 0 Å². The minimum absolute atomic E-state index is 0.354. The van der Waals surface area contributed by atoms with Crippen LogP contribution in [0.2, 0.25) is 0 Å². The van der Waals surface area contributed by atoms with Crippen molar-refractivity contribution in [3.8, 4) is 0 Å². The third-order valence-electron chi connectivity index (χ3n) is 18.7. The largest absolute Gasteiger partial charge is 0.310 e. The molecule has 12 aromatic rings. The Labute approximate surface area is 469 Å². The molecule has 0 amide bonds. The molecule has 378 valence electrons. The first-order valence-electron chi connectivity index (χ1n) is 28.2. The van der Waals surface area contributed by atoms with Crippen molar-refractivity contribution in [2.24, 2.45) is 0 Å². The first kappa shape index (κ1) is 46.3. The molecular weight excluding hydrogens is 965 g/mol. The zero-order valence-corrected chi connectivity index (χ0v) is 44.5. The number of nitrogens with zero attached hydrogens (tertiary/aromatic N) is 2. The van der Waals surface area contributed by atoms with Gasteiger partial charge in [-0.15, -0.1) is 0 Å². The fourth-order valence-electron chi connectivity index (χ4n) is 15.8. The molecule has 0 atom stereocenters. The number of anilines is 6. The van der Waals surface area contributed by atoms with Gasteiger partial charge in [0.2, 0.25) is 0 Å². The van der Waals surface area contributed by atoms with Gasteiger partial charge in [-0.1, -0.05) is 268 Å². The highest BCUT2D eigenvalue weighted by Crippen LogP contribution is 2.66. The minimum atomic E-state index is -0.628. The van der Waals surface area contributed by atoms with Gasteiger partial charge in [-0.3, -0.25) is 0 Å². The maximum Gasteiger partial charge on any atom is 0.0748 e. The van der Waals surface area contributed by atoms with Gasteiger partial charge in [-0.25, -0.2) is 0 Å². The molecular formula is C78H56N2. The Hall–Kier alpha value is -9.76. The second-order valence-corrected chi connectivity index (χ2v) is 22.4. The maximum absolute atomic E-state index is 2.52. The second-order valence-electron chi connectivity index (χ2n) is 22.4. The summed E-state index contributed by atoms with van der Waals surface area (Å²) in [5.74, 6) is 0. The normalized spacial score (nSPS) is 16.9. The van der Waals surface area contributed by atoms with Crippen molar-refractivity contribution in [3.63, 3.8) is 0 Å². The van der Waals surface area contributed by atoms with Crippen LogP contribution in [0.4, 0.5) is 34.1 Å². The van der Waals surface area contributed by atoms with E-state index in [0.717, 1.165) is 17.8 Å². The van der Waals surface area contributed by atoms with E-state index in [1.54, 1.807) is 0 Å². The van der Waals surface area contributed by atoms with E-state index in [1.165, 1.54) is 106 Å². The van der Waals surface area contributed by atoms with Gasteiger partial charge in [0, 0.05) is 16.8 Å². The summed E-state index contributed by atoms with van der Waals surface area (Å²) in [4.78, 5) is 4.99. The van der Waals surface area contributed by atoms with Gasteiger partial charge >= 0.3 is 0 Å². The predicted octanol–water partition coefficient (Wildman–Crippen LogP) is 18.6. The fourth-order valence-corrected chi connectivity index (χ4v) is 15.8. The molecule has 0 saturated heterocycles. The van der Waals surface area contributed by atoms with Crippen LogP contribution in [0.1, 0.15) is 90.4 Å². The van der Waals surface area contributed by atoms with Gasteiger partial charge in [0.05, 0.1) is 39.0 Å². The molecule has 0 aromatic heterocycles. The van der Waals surface area contributed by atoms with Crippen LogP contribution in [0.25, 0.3) is 0 Å². The van der Waals surface area contributed by atoms with E-state index in [4.69, 9.17) is 0 Å². The van der Waals surface area contributed by atoms with Crippen LogP contribution in [-0.2, 0) is 28.1 Å². The van der Waals surface area contributed by atoms with E-state index in [1.807, 2.05) is 0 Å². The quantitative estimate of drug-likeness (QED) is 0.164. The number of hydrogen-bond donors (Lipinski definition) is 0. The highest BCUT2D eigenvalue weighted by Gasteiger charge is 2.57. The van der Waals surface area contributed by atoms with Gasteiger partial charge < -0.3 is 9.80 Å². The van der Waals surface area contributed by atoms with Crippen LogP contribution in [0.3, 0.4) is 0 Å². The number of para-hydroxylation sites is 5. The summed E-state index contributed by atoms with van der Waals surface area (Å²) < 4.78 is 0. The van der Waals surface area contributed by atoms with Crippen LogP contribution in [0.5, 0.6) is 0 Å². The van der Waals surface area contributed by atoms with E-state index < -0.39 is 16.2 Å². The first-order chi connectivity index (χ1) is 39.6. The second kappa shape index (κ2) is 17.6. The molecule has 2 spiro atoms. The predicted molar refractivity (Wildman–Crippen MR) is 328 cm³/mol. The Morgan fingerprint density at radius 1 is 0.225 bits per heavy atom. The van der Waals surface area contributed by atoms with E-state index in [2.05, 4.69) is 326 Å². The highest BCUT2D eigenvalue weighted by molar-refractivity contribution is 5.93. The van der Waals surface area contributed by atoms with Crippen molar-refractivity contribution in [2.75, 3.05) is 9.80 Å². The van der Waals surface area contributed by atoms with Gasteiger partial charge in [0.25, 0.3) is 0 Å². The van der Waals surface area contributed by atoms with Crippen molar-refractivity contribution in [3.05, 3.63) is 393 Å². The monoisotopic (exact) mass is 1020 g/mol. The van der Waals surface area contributed by atoms with Gasteiger partial charge in [-0.05, 0) is 138 Å². The van der Waals surface area contributed by atoms with Gasteiger partial charge in [0.15, 0.2) is 0 Å². The standard InChI is InChI=1S/C78H56N2/c1-75(59-33-11-13-35-61(59)77(62-36-14-12-34-60(62)75)67-41-19-23-45-71(67)79(57-31-9-4-10-32-57)72-46-24-20-42-68(72)77)53-54-49-51-58(52-50-54)80-73-47-25-21-43-69(73)78(70-44-22-26-48-74(70)80)65-39-17-15-37-63(65)76(55-27-5-2-6-28-55,56-29-7-3-8-30-56)64-38-16-18-40-66(64)78/h2-52H,53H2,1H3. The molecule has 0 saturated carbocycles. The summed E-state index contributed by atoms with van der Waals surface area (Å²) in [7, 11) is 0. The molecule has 12 aromatic carbocycles. The lowest BCUT2D eigenvalue weighted by Gasteiger charge is -2.54. The summed E-state index contributed by atoms with van der Waals surface area (Å²) in [5.41, 5.74) is 24.5. The Balaban J connectivity index is 0.840. The van der Waals surface area contributed by atoms with E-state index in [0.29, 0.717) is 0 Å². The zero-order chi connectivity index (χ0) is 53.0. The molecule has 0 N–H and O–H groups in total. The number of benzene rings is 12. The Morgan fingerprint density at radius 2 is 0.475 bits per heavy atom. The van der Waals surface area contributed by atoms with Crippen molar-refractivity contribution in [1.29, 1.82) is 0 Å². The molecule has 0 bridgehead atoms. The average molecular weight is 1020 g/mol. The van der Waals surface area contributed by atoms with E-state index in [9.17, 15) is 0 Å². The molecule has 0 fully saturated rings. The molecule has 2 aliphatic heterocycles. The Bertz CT molecular complexity index is 4130. The van der Waals surface area contributed by atoms with E-state index >= 15 is 0 Å². The summed E-state index contributed by atoms with van der Waals surface area (Å²) in [6.07, 6.45) is 0.825. The summed E-state index contributed by atoms with van der Waals surface area (Å²) >= 11 is 0. The molecule has 2 aliphatic carbocycles. The zero-order valence-electron chi connectivity index (χ0n) is 44.5. The van der Waals surface area contributed by atoms with Crippen LogP contribution < -0.4 is 9.80 Å². The van der Waals surface area contributed by atoms with Crippen LogP contribution in [-0.4, -0.2) is 0 Å². The lowest BCUT2D eigenvalue weighted by Crippen LogP contribution is -2.47. The third kappa shape index (κ3) is 6.08. The van der Waals surface area contributed by atoms with Crippen LogP contribution >= 0.6 is 0 Å². The molecule has 2 heterocycles. The number of fused-ring (bicyclic) bond motifs is 16. The topological polar surface area (TPSA) is 6.48 Å². The minimum Gasteiger partial charge on any atom is -0.310 e. The van der Waals surface area contributed by atoms with Crippen LogP contribution in [0, 0.1) is 0 Å². The van der Waals surface area contributed by atoms with Gasteiger partial charge in [-0.2, -0.15) is 0 Å². The maximum atomic E-state index is 2.52. The lowest BCUT2D eigenvalue weighted by atomic mass is 9.50. The average Bonchev–Trinajstić information content (AvgIpc) is 2.43. The molecule has 2 heteroatoms. The van der Waals surface area contributed by atoms with Gasteiger partial charge in [0.1, 0.15) is 0 Å². The van der Waals surface area contributed by atoms with Crippen molar-refractivity contribution in [2.45, 2.75) is 35.0 Å². The molecule has 0 radical (unpaired) electrons. The molecule has 16 rings (SSSR count). The smallest absolute Gasteiger partial charge is 0.0748 e. The summed E-state index contributed by atoms with van der Waals surface area (Å²) in [6, 6.07) is 117. The fraction of sp³-hybridized carbons (Fsp3) is 0.0769. The highest BCUT2D eigenvalue weighted by atomic mass is 15.2. The van der Waals surface area contributed by atoms with E-state index in [-0.39, 0.29) is 5.41 Å². The van der Waals surface area contributed by atoms with Crippen LogP contribution in [0.15, 0.2) is 309 Å².